The van der Waals surface area contributed by atoms with Crippen molar-refractivity contribution in [2.45, 2.75) is 46.0 Å². The Morgan fingerprint density at radius 2 is 1.57 bits per heavy atom. The molecule has 2 atom stereocenters. The second-order valence-corrected chi connectivity index (χ2v) is 7.13. The van der Waals surface area contributed by atoms with Crippen LogP contribution >= 0.6 is 0 Å². The first-order valence-electron chi connectivity index (χ1n) is 10.1. The number of fused-ring (bicyclic) bond motifs is 1. The maximum absolute atomic E-state index is 5.83. The van der Waals surface area contributed by atoms with Crippen LogP contribution in [-0.4, -0.2) is 19.5 Å². The molecule has 0 spiro atoms. The van der Waals surface area contributed by atoms with Crippen molar-refractivity contribution in [3.05, 3.63) is 77.9 Å². The minimum Gasteiger partial charge on any atom is -0.465 e. The van der Waals surface area contributed by atoms with Gasteiger partial charge in [0.15, 0.2) is 6.29 Å². The summed E-state index contributed by atoms with van der Waals surface area (Å²) < 4.78 is 17.4. The van der Waals surface area contributed by atoms with Gasteiger partial charge in [-0.25, -0.2) is 0 Å². The van der Waals surface area contributed by atoms with Crippen LogP contribution in [0.1, 0.15) is 44.2 Å². The zero-order valence-corrected chi connectivity index (χ0v) is 17.1. The number of ether oxygens (including phenoxy) is 3. The molecule has 0 aliphatic rings. The van der Waals surface area contributed by atoms with Crippen molar-refractivity contribution in [3.63, 3.8) is 0 Å². The van der Waals surface area contributed by atoms with Crippen molar-refractivity contribution >= 4 is 10.8 Å². The molecule has 0 aromatic heterocycles. The summed E-state index contributed by atoms with van der Waals surface area (Å²) in [5.41, 5.74) is 2.54. The van der Waals surface area contributed by atoms with Crippen LogP contribution in [0.15, 0.2) is 66.7 Å². The summed E-state index contributed by atoms with van der Waals surface area (Å²) in [5, 5.41) is 2.48. The summed E-state index contributed by atoms with van der Waals surface area (Å²) in [7, 11) is 0. The largest absolute Gasteiger partial charge is 0.465 e. The minimum atomic E-state index is -0.310. The van der Waals surface area contributed by atoms with E-state index in [-0.39, 0.29) is 6.29 Å². The molecule has 3 aromatic carbocycles. The predicted molar refractivity (Wildman–Crippen MR) is 115 cm³/mol. The second kappa shape index (κ2) is 10.3. The molecule has 3 aromatic rings. The molecule has 3 rings (SSSR count). The van der Waals surface area contributed by atoms with Gasteiger partial charge in [-0.15, -0.1) is 0 Å². The molecular formula is C25H30O3. The molecule has 0 amide bonds. The fourth-order valence-electron chi connectivity index (χ4n) is 3.21. The van der Waals surface area contributed by atoms with Gasteiger partial charge >= 0.3 is 0 Å². The molecule has 0 radical (unpaired) electrons. The Labute approximate surface area is 168 Å². The van der Waals surface area contributed by atoms with Crippen molar-refractivity contribution in [2.75, 3.05) is 13.2 Å². The zero-order valence-electron chi connectivity index (χ0n) is 17.1. The lowest BCUT2D eigenvalue weighted by molar-refractivity contribution is -0.0847. The Morgan fingerprint density at radius 1 is 0.821 bits per heavy atom. The van der Waals surface area contributed by atoms with E-state index >= 15 is 0 Å². The lowest BCUT2D eigenvalue weighted by Gasteiger charge is -2.16. The summed E-state index contributed by atoms with van der Waals surface area (Å²) in [6.07, 6.45) is 0.828. The molecule has 0 aliphatic heterocycles. The summed E-state index contributed by atoms with van der Waals surface area (Å²) in [6, 6.07) is 22.9. The first-order chi connectivity index (χ1) is 13.7. The monoisotopic (exact) mass is 378 g/mol. The quantitative estimate of drug-likeness (QED) is 0.305. The Hall–Kier alpha value is -2.36. The van der Waals surface area contributed by atoms with Gasteiger partial charge in [0, 0.05) is 0 Å². The summed E-state index contributed by atoms with van der Waals surface area (Å²) in [6.45, 7) is 7.96. The van der Waals surface area contributed by atoms with E-state index in [9.17, 15) is 0 Å². The van der Waals surface area contributed by atoms with E-state index in [4.69, 9.17) is 14.2 Å². The van der Waals surface area contributed by atoms with Crippen LogP contribution in [0.3, 0.4) is 0 Å². The SMILES string of the molecule is CCC(C)c1ccc(OC(C)OCCOCc2cccc3ccccc23)cc1. The molecule has 3 nitrogen and oxygen atoms in total. The lowest BCUT2D eigenvalue weighted by Crippen LogP contribution is -2.19. The zero-order chi connectivity index (χ0) is 19.8. The molecule has 3 heteroatoms. The number of hydrogen-bond acceptors (Lipinski definition) is 3. The van der Waals surface area contributed by atoms with Gasteiger partial charge in [-0.1, -0.05) is 68.4 Å². The van der Waals surface area contributed by atoms with Crippen LogP contribution in [0.4, 0.5) is 0 Å². The van der Waals surface area contributed by atoms with Crippen molar-refractivity contribution < 1.29 is 14.2 Å². The second-order valence-electron chi connectivity index (χ2n) is 7.13. The van der Waals surface area contributed by atoms with Gasteiger partial charge in [-0.2, -0.15) is 0 Å². The molecule has 0 N–H and O–H groups in total. The van der Waals surface area contributed by atoms with Gasteiger partial charge in [-0.3, -0.25) is 0 Å². The van der Waals surface area contributed by atoms with E-state index in [1.54, 1.807) is 0 Å². The first-order valence-corrected chi connectivity index (χ1v) is 10.1. The van der Waals surface area contributed by atoms with E-state index < -0.39 is 0 Å². The Kier molecular flexibility index (Phi) is 7.46. The summed E-state index contributed by atoms with van der Waals surface area (Å²) in [5.74, 6) is 1.40. The molecule has 0 saturated carbocycles. The van der Waals surface area contributed by atoms with Gasteiger partial charge in [0.05, 0.1) is 19.8 Å². The smallest absolute Gasteiger partial charge is 0.197 e. The molecule has 148 valence electrons. The average molecular weight is 379 g/mol. The summed E-state index contributed by atoms with van der Waals surface area (Å²) >= 11 is 0. The third-order valence-electron chi connectivity index (χ3n) is 5.08. The fraction of sp³-hybridized carbons (Fsp3) is 0.360. The fourth-order valence-corrected chi connectivity index (χ4v) is 3.21. The third-order valence-corrected chi connectivity index (χ3v) is 5.08. The predicted octanol–water partition coefficient (Wildman–Crippen LogP) is 6.31. The molecule has 0 bridgehead atoms. The third kappa shape index (κ3) is 5.57. The molecule has 0 fully saturated rings. The Morgan fingerprint density at radius 3 is 2.36 bits per heavy atom. The van der Waals surface area contributed by atoms with Crippen LogP contribution in [0, 0.1) is 0 Å². The topological polar surface area (TPSA) is 27.7 Å². The lowest BCUT2D eigenvalue weighted by atomic mass is 9.99. The van der Waals surface area contributed by atoms with E-state index in [1.807, 2.05) is 19.1 Å². The van der Waals surface area contributed by atoms with E-state index in [0.717, 1.165) is 12.2 Å². The van der Waals surface area contributed by atoms with Crippen molar-refractivity contribution in [3.8, 4) is 5.75 Å². The first kappa shape index (κ1) is 20.4. The Bertz CT molecular complexity index is 852. The van der Waals surface area contributed by atoms with Crippen molar-refractivity contribution in [2.24, 2.45) is 0 Å². The van der Waals surface area contributed by atoms with Crippen molar-refractivity contribution in [1.82, 2.24) is 0 Å². The van der Waals surface area contributed by atoms with Gasteiger partial charge < -0.3 is 14.2 Å². The van der Waals surface area contributed by atoms with Gasteiger partial charge in [0.1, 0.15) is 5.75 Å². The Balaban J connectivity index is 1.39. The molecule has 2 unspecified atom stereocenters. The van der Waals surface area contributed by atoms with Gasteiger partial charge in [0.2, 0.25) is 0 Å². The number of rotatable bonds is 10. The standard InChI is InChI=1S/C25H30O3/c1-4-19(2)21-12-14-24(15-13-21)28-20(3)27-17-16-26-18-23-10-7-9-22-8-5-6-11-25(22)23/h5-15,19-20H,4,16-18H2,1-3H3. The molecule has 0 saturated heterocycles. The summed E-state index contributed by atoms with van der Waals surface area (Å²) in [4.78, 5) is 0. The molecule has 28 heavy (non-hydrogen) atoms. The maximum atomic E-state index is 5.83. The highest BCUT2D eigenvalue weighted by atomic mass is 16.7. The molecule has 0 heterocycles. The van der Waals surface area contributed by atoms with E-state index in [1.165, 1.54) is 21.9 Å². The van der Waals surface area contributed by atoms with Crippen LogP contribution in [0.25, 0.3) is 10.8 Å². The highest BCUT2D eigenvalue weighted by Gasteiger charge is 2.07. The molecular weight excluding hydrogens is 348 g/mol. The van der Waals surface area contributed by atoms with Crippen LogP contribution in [0.2, 0.25) is 0 Å². The highest BCUT2D eigenvalue weighted by molar-refractivity contribution is 5.85. The molecule has 0 aliphatic carbocycles. The number of benzene rings is 3. The highest BCUT2D eigenvalue weighted by Crippen LogP contribution is 2.22. The van der Waals surface area contributed by atoms with Crippen LogP contribution in [-0.2, 0) is 16.1 Å². The average Bonchev–Trinajstić information content (AvgIpc) is 2.73. The van der Waals surface area contributed by atoms with Gasteiger partial charge in [-0.05, 0) is 53.3 Å². The van der Waals surface area contributed by atoms with Gasteiger partial charge in [0.25, 0.3) is 0 Å². The van der Waals surface area contributed by atoms with Crippen molar-refractivity contribution in [1.29, 1.82) is 0 Å². The number of hydrogen-bond donors (Lipinski definition) is 0. The van der Waals surface area contributed by atoms with Crippen LogP contribution < -0.4 is 4.74 Å². The van der Waals surface area contributed by atoms with E-state index in [2.05, 4.69) is 68.4 Å². The minimum absolute atomic E-state index is 0.310. The normalized spacial score (nSPS) is 13.4. The maximum Gasteiger partial charge on any atom is 0.197 e. The van der Waals surface area contributed by atoms with Crippen LogP contribution in [0.5, 0.6) is 5.75 Å². The van der Waals surface area contributed by atoms with E-state index in [0.29, 0.717) is 25.7 Å².